The highest BCUT2D eigenvalue weighted by Gasteiger charge is 2.58. The first-order valence-electron chi connectivity index (χ1n) is 11.5. The molecule has 28 heavy (non-hydrogen) atoms. The van der Waals surface area contributed by atoms with E-state index in [4.69, 9.17) is 4.74 Å². The van der Waals surface area contributed by atoms with Gasteiger partial charge in [0.1, 0.15) is 11.9 Å². The lowest BCUT2D eigenvalue weighted by Crippen LogP contribution is -2.50. The van der Waals surface area contributed by atoms with Crippen LogP contribution < -0.4 is 0 Å². The Hall–Kier alpha value is -1.38. The number of ether oxygens (including phenoxy) is 1. The van der Waals surface area contributed by atoms with Crippen molar-refractivity contribution in [1.82, 2.24) is 0 Å². The van der Waals surface area contributed by atoms with E-state index in [1.165, 1.54) is 12.0 Å². The summed E-state index contributed by atoms with van der Waals surface area (Å²) in [5.41, 5.74) is 1.69. The second-order valence-electron chi connectivity index (χ2n) is 10.2. The van der Waals surface area contributed by atoms with Crippen molar-refractivity contribution in [2.75, 3.05) is 0 Å². The van der Waals surface area contributed by atoms with Crippen molar-refractivity contribution in [3.05, 3.63) is 23.8 Å². The van der Waals surface area contributed by atoms with Crippen LogP contribution in [0.5, 0.6) is 0 Å². The van der Waals surface area contributed by atoms with Gasteiger partial charge in [-0.15, -0.1) is 0 Å². The van der Waals surface area contributed by atoms with E-state index in [1.807, 2.05) is 6.08 Å². The Balaban J connectivity index is 1.46. The van der Waals surface area contributed by atoms with Gasteiger partial charge in [-0.25, -0.2) is 4.79 Å². The van der Waals surface area contributed by atoms with Crippen LogP contribution in [0.2, 0.25) is 0 Å². The molecule has 0 heterocycles. The van der Waals surface area contributed by atoms with E-state index < -0.39 is 0 Å². The third-order valence-electron chi connectivity index (χ3n) is 8.76. The topological polar surface area (TPSA) is 43.4 Å². The van der Waals surface area contributed by atoms with E-state index in [2.05, 4.69) is 26.8 Å². The molecule has 0 aromatic heterocycles. The molecule has 0 spiro atoms. The molecule has 3 heteroatoms. The first-order chi connectivity index (χ1) is 13.4. The zero-order chi connectivity index (χ0) is 19.9. The van der Waals surface area contributed by atoms with Gasteiger partial charge < -0.3 is 4.74 Å². The molecule has 0 unspecified atom stereocenters. The summed E-state index contributed by atoms with van der Waals surface area (Å²) in [5, 5.41) is 0. The second-order valence-corrected chi connectivity index (χ2v) is 10.2. The summed E-state index contributed by atoms with van der Waals surface area (Å²) in [6.07, 6.45) is 16.2. The van der Waals surface area contributed by atoms with Crippen molar-refractivity contribution in [1.29, 1.82) is 0 Å². The molecule has 4 aliphatic rings. The first-order valence-corrected chi connectivity index (χ1v) is 11.5. The number of fused-ring (bicyclic) bond motifs is 5. The lowest BCUT2D eigenvalue weighted by molar-refractivity contribution is -0.145. The van der Waals surface area contributed by atoms with Crippen LogP contribution in [-0.2, 0) is 14.3 Å². The van der Waals surface area contributed by atoms with Crippen LogP contribution in [0.1, 0.15) is 85.0 Å². The number of Topliss-reactive ketones (excluding diaryl/α,β-unsaturated/α-hetero) is 1. The average Bonchev–Trinajstić information content (AvgIpc) is 2.97. The largest absolute Gasteiger partial charge is 0.459 e. The molecular formula is C25H36O3. The highest BCUT2D eigenvalue weighted by atomic mass is 16.5. The van der Waals surface area contributed by atoms with Gasteiger partial charge >= 0.3 is 5.97 Å². The van der Waals surface area contributed by atoms with Crippen molar-refractivity contribution >= 4 is 11.8 Å². The number of ketones is 1. The van der Waals surface area contributed by atoms with Crippen LogP contribution in [0.4, 0.5) is 0 Å². The molecule has 0 radical (unpaired) electrons. The molecule has 3 saturated carbocycles. The summed E-state index contributed by atoms with van der Waals surface area (Å²) in [6.45, 7) is 6.80. The van der Waals surface area contributed by atoms with Gasteiger partial charge in [0, 0.05) is 24.3 Å². The molecule has 4 aliphatic carbocycles. The maximum absolute atomic E-state index is 12.5. The van der Waals surface area contributed by atoms with Crippen LogP contribution >= 0.6 is 0 Å². The van der Waals surface area contributed by atoms with E-state index in [9.17, 15) is 9.59 Å². The van der Waals surface area contributed by atoms with Gasteiger partial charge in [-0.1, -0.05) is 44.9 Å². The summed E-state index contributed by atoms with van der Waals surface area (Å²) in [6, 6.07) is 0. The molecule has 0 aromatic rings. The summed E-state index contributed by atoms with van der Waals surface area (Å²) in [5.74, 6) is 2.26. The molecule has 0 amide bonds. The number of rotatable bonds is 4. The molecule has 3 nitrogen and oxygen atoms in total. The van der Waals surface area contributed by atoms with Crippen LogP contribution in [0.3, 0.4) is 0 Å². The molecular weight excluding hydrogens is 348 g/mol. The van der Waals surface area contributed by atoms with Gasteiger partial charge in [0.25, 0.3) is 0 Å². The number of allylic oxidation sites excluding steroid dienone is 2. The number of carbonyl (C=O) groups is 2. The average molecular weight is 385 g/mol. The van der Waals surface area contributed by atoms with E-state index in [1.54, 1.807) is 6.08 Å². The lowest BCUT2D eigenvalue weighted by atomic mass is 9.48. The quantitative estimate of drug-likeness (QED) is 0.350. The number of unbranched alkanes of at least 4 members (excludes halogenated alkanes) is 1. The lowest BCUT2D eigenvalue weighted by Gasteiger charge is -2.56. The van der Waals surface area contributed by atoms with Crippen LogP contribution in [-0.4, -0.2) is 17.9 Å². The van der Waals surface area contributed by atoms with Gasteiger partial charge in [0.15, 0.2) is 0 Å². The summed E-state index contributed by atoms with van der Waals surface area (Å²) in [4.78, 5) is 24.6. The number of carbonyl (C=O) groups excluding carboxylic acids is 2. The Kier molecular flexibility index (Phi) is 5.31. The molecule has 154 valence electrons. The maximum atomic E-state index is 12.5. The Bertz CT molecular complexity index is 705. The van der Waals surface area contributed by atoms with Crippen LogP contribution in [0, 0.1) is 28.6 Å². The Morgan fingerprint density at radius 1 is 1.18 bits per heavy atom. The molecule has 0 aliphatic heterocycles. The molecule has 0 bridgehead atoms. The normalized spacial score (nSPS) is 42.5. The maximum Gasteiger partial charge on any atom is 0.330 e. The predicted octanol–water partition coefficient (Wildman–Crippen LogP) is 5.79. The Morgan fingerprint density at radius 2 is 1.93 bits per heavy atom. The van der Waals surface area contributed by atoms with Crippen molar-refractivity contribution in [2.45, 2.75) is 91.1 Å². The number of esters is 1. The third-order valence-corrected chi connectivity index (χ3v) is 8.76. The predicted molar refractivity (Wildman–Crippen MR) is 111 cm³/mol. The summed E-state index contributed by atoms with van der Waals surface area (Å²) in [7, 11) is 0. The highest BCUT2D eigenvalue weighted by molar-refractivity contribution is 5.87. The van der Waals surface area contributed by atoms with Gasteiger partial charge in [0.2, 0.25) is 0 Å². The molecule has 4 rings (SSSR count). The smallest absolute Gasteiger partial charge is 0.330 e. The molecule has 0 aromatic carbocycles. The minimum atomic E-state index is -0.186. The van der Waals surface area contributed by atoms with Crippen molar-refractivity contribution in [2.24, 2.45) is 28.6 Å². The molecule has 0 saturated heterocycles. The number of hydrogen-bond acceptors (Lipinski definition) is 3. The summed E-state index contributed by atoms with van der Waals surface area (Å²) < 4.78 is 5.76. The van der Waals surface area contributed by atoms with Crippen molar-refractivity contribution in [3.63, 3.8) is 0 Å². The fourth-order valence-electron chi connectivity index (χ4n) is 7.05. The monoisotopic (exact) mass is 384 g/mol. The summed E-state index contributed by atoms with van der Waals surface area (Å²) >= 11 is 0. The fourth-order valence-corrected chi connectivity index (χ4v) is 7.05. The Morgan fingerprint density at radius 3 is 2.71 bits per heavy atom. The zero-order valence-corrected chi connectivity index (χ0v) is 17.8. The van der Waals surface area contributed by atoms with E-state index in [0.29, 0.717) is 23.5 Å². The molecule has 6 atom stereocenters. The highest BCUT2D eigenvalue weighted by Crippen LogP contribution is 2.64. The minimum Gasteiger partial charge on any atom is -0.459 e. The van der Waals surface area contributed by atoms with E-state index in [-0.39, 0.29) is 22.9 Å². The second kappa shape index (κ2) is 7.46. The van der Waals surface area contributed by atoms with Gasteiger partial charge in [-0.3, -0.25) is 4.79 Å². The van der Waals surface area contributed by atoms with Crippen LogP contribution in [0.15, 0.2) is 23.8 Å². The zero-order valence-electron chi connectivity index (χ0n) is 17.8. The van der Waals surface area contributed by atoms with E-state index >= 15 is 0 Å². The third kappa shape index (κ3) is 3.19. The SMILES string of the molecule is CCC/C=C/C(=O)O[C@H]1CC[C@@]2(C)C(=CC[C@@H]3[C@@H]2CC[C@]2(C)C(=O)CC[C@@H]32)C1. The molecule has 3 fully saturated rings. The Labute approximate surface area is 170 Å². The van der Waals surface area contributed by atoms with Gasteiger partial charge in [0.05, 0.1) is 0 Å². The van der Waals surface area contributed by atoms with Gasteiger partial charge in [-0.2, -0.15) is 0 Å². The number of hydrogen-bond donors (Lipinski definition) is 0. The van der Waals surface area contributed by atoms with E-state index in [0.717, 1.165) is 57.8 Å². The standard InChI is InChI=1S/C25H36O3/c1-4-5-6-7-23(27)28-18-12-14-24(2)17(16-18)8-9-19-20-10-11-22(26)25(20,3)15-13-21(19)24/h6-8,18-21H,4-5,9-16H2,1-3H3/b7-6+/t18-,19-,20-,21-,24-,25-/m0/s1. The van der Waals surface area contributed by atoms with Crippen molar-refractivity contribution < 1.29 is 14.3 Å². The molecule has 0 N–H and O–H groups in total. The minimum absolute atomic E-state index is 0.0246. The van der Waals surface area contributed by atoms with Crippen LogP contribution in [0.25, 0.3) is 0 Å². The van der Waals surface area contributed by atoms with Gasteiger partial charge in [-0.05, 0) is 68.1 Å². The fraction of sp³-hybridized carbons (Fsp3) is 0.760. The first kappa shape index (κ1) is 19.9. The van der Waals surface area contributed by atoms with Crippen molar-refractivity contribution in [3.8, 4) is 0 Å².